The first kappa shape index (κ1) is 17.8. The second kappa shape index (κ2) is 6.83. The Balaban J connectivity index is 1.51. The van der Waals surface area contributed by atoms with Crippen LogP contribution in [0, 0.1) is 12.8 Å². The van der Waals surface area contributed by atoms with Crippen LogP contribution >= 0.6 is 22.7 Å². The van der Waals surface area contributed by atoms with E-state index in [9.17, 15) is 8.78 Å². The summed E-state index contributed by atoms with van der Waals surface area (Å²) >= 11 is 3.34. The molecule has 1 aliphatic carbocycles. The molecule has 3 aromatic heterocycles. The summed E-state index contributed by atoms with van der Waals surface area (Å²) in [5, 5.41) is 13.9. The van der Waals surface area contributed by atoms with E-state index in [1.165, 1.54) is 4.88 Å². The number of fused-ring (bicyclic) bond motifs is 1. The van der Waals surface area contributed by atoms with E-state index in [4.69, 9.17) is 5.73 Å². The molecule has 4 rings (SSSR count). The minimum Gasteiger partial charge on any atom is -0.378 e. The van der Waals surface area contributed by atoms with Crippen molar-refractivity contribution in [2.45, 2.75) is 44.7 Å². The van der Waals surface area contributed by atoms with Crippen molar-refractivity contribution in [1.82, 2.24) is 10.2 Å². The molecule has 1 saturated carbocycles. The highest BCUT2D eigenvalue weighted by Crippen LogP contribution is 2.51. The van der Waals surface area contributed by atoms with Gasteiger partial charge in [0.15, 0.2) is 0 Å². The number of nitrogens with one attached hydrogen (secondary N) is 1. The van der Waals surface area contributed by atoms with E-state index >= 15 is 0 Å². The number of thiophene rings is 2. The molecule has 0 spiro atoms. The third kappa shape index (κ3) is 3.58. The van der Waals surface area contributed by atoms with Gasteiger partial charge >= 0.3 is 0 Å². The van der Waals surface area contributed by atoms with Crippen molar-refractivity contribution in [3.8, 4) is 0 Å². The van der Waals surface area contributed by atoms with Gasteiger partial charge in [-0.2, -0.15) is 5.10 Å². The van der Waals surface area contributed by atoms with Crippen molar-refractivity contribution >= 4 is 38.6 Å². The molecule has 2 atom stereocenters. The number of aryl methyl sites for hydroxylation is 1. The number of alkyl halides is 2. The molecule has 1 fully saturated rings. The van der Waals surface area contributed by atoms with Crippen LogP contribution in [-0.2, 0) is 13.0 Å². The van der Waals surface area contributed by atoms with Gasteiger partial charge in [-0.3, -0.25) is 0 Å². The third-order valence-corrected chi connectivity index (χ3v) is 7.04. The average Bonchev–Trinajstić information content (AvgIpc) is 2.98. The van der Waals surface area contributed by atoms with Gasteiger partial charge in [0.25, 0.3) is 5.92 Å². The number of halogens is 2. The summed E-state index contributed by atoms with van der Waals surface area (Å²) in [4.78, 5) is 2.35. The van der Waals surface area contributed by atoms with E-state index in [1.807, 2.05) is 13.0 Å². The number of rotatable bonds is 7. The molecule has 138 valence electrons. The highest BCUT2D eigenvalue weighted by molar-refractivity contribution is 7.19. The largest absolute Gasteiger partial charge is 0.378 e. The predicted molar refractivity (Wildman–Crippen MR) is 103 cm³/mol. The van der Waals surface area contributed by atoms with Crippen LogP contribution in [0.2, 0.25) is 0 Å². The number of nitrogens with zero attached hydrogens (tertiary/aromatic N) is 2. The highest BCUT2D eigenvalue weighted by Gasteiger charge is 2.56. The maximum atomic E-state index is 13.1. The lowest BCUT2D eigenvalue weighted by molar-refractivity contribution is 0.0954. The van der Waals surface area contributed by atoms with Crippen LogP contribution in [0.25, 0.3) is 10.2 Å². The van der Waals surface area contributed by atoms with Crippen LogP contribution in [0.15, 0.2) is 23.7 Å². The maximum Gasteiger partial charge on any atom is 0.251 e. The van der Waals surface area contributed by atoms with Gasteiger partial charge in [-0.15, -0.1) is 27.8 Å². The van der Waals surface area contributed by atoms with E-state index < -0.39 is 11.8 Å². The molecular weight excluding hydrogens is 374 g/mol. The summed E-state index contributed by atoms with van der Waals surface area (Å²) in [7, 11) is 0. The molecule has 0 saturated heterocycles. The Kier molecular flexibility index (Phi) is 4.66. The molecular formula is C18H20F2N4S2. The smallest absolute Gasteiger partial charge is 0.251 e. The Morgan fingerprint density at radius 2 is 2.27 bits per heavy atom. The fraction of sp³-hybridized carbons (Fsp3) is 0.444. The number of nitrogens with two attached hydrogens (primary N) is 1. The number of anilines is 1. The molecule has 3 aromatic rings. The van der Waals surface area contributed by atoms with Gasteiger partial charge in [-0.05, 0) is 36.8 Å². The van der Waals surface area contributed by atoms with E-state index in [2.05, 4.69) is 27.0 Å². The zero-order chi connectivity index (χ0) is 18.3. The normalized spacial score (nSPS) is 19.6. The van der Waals surface area contributed by atoms with Crippen molar-refractivity contribution in [3.63, 3.8) is 0 Å². The van der Waals surface area contributed by atoms with E-state index in [0.717, 1.165) is 32.9 Å². The monoisotopic (exact) mass is 394 g/mol. The maximum absolute atomic E-state index is 13.1. The van der Waals surface area contributed by atoms with Gasteiger partial charge in [-0.1, -0.05) is 6.07 Å². The van der Waals surface area contributed by atoms with Crippen molar-refractivity contribution in [1.29, 1.82) is 0 Å². The van der Waals surface area contributed by atoms with E-state index in [0.29, 0.717) is 12.8 Å². The average molecular weight is 395 g/mol. The molecule has 0 amide bonds. The summed E-state index contributed by atoms with van der Waals surface area (Å²) in [6.45, 7) is 2.74. The first-order chi connectivity index (χ1) is 12.4. The van der Waals surface area contributed by atoms with Gasteiger partial charge in [-0.25, -0.2) is 8.78 Å². The van der Waals surface area contributed by atoms with E-state index in [1.54, 1.807) is 28.9 Å². The molecule has 3 N–H and O–H groups in total. The zero-order valence-electron chi connectivity index (χ0n) is 14.3. The fourth-order valence-electron chi connectivity index (χ4n) is 3.18. The molecule has 3 heterocycles. The Morgan fingerprint density at radius 3 is 2.96 bits per heavy atom. The highest BCUT2D eigenvalue weighted by atomic mass is 32.1. The number of hydrogen-bond donors (Lipinski definition) is 2. The van der Waals surface area contributed by atoms with Crippen molar-refractivity contribution in [2.75, 3.05) is 5.32 Å². The first-order valence-corrected chi connectivity index (χ1v) is 10.3. The molecule has 26 heavy (non-hydrogen) atoms. The lowest BCUT2D eigenvalue weighted by Gasteiger charge is -2.10. The molecule has 0 radical (unpaired) electrons. The number of aromatic nitrogens is 2. The van der Waals surface area contributed by atoms with Crippen LogP contribution in [0.4, 0.5) is 14.5 Å². The minimum atomic E-state index is -2.50. The topological polar surface area (TPSA) is 63.8 Å². The van der Waals surface area contributed by atoms with Crippen molar-refractivity contribution in [3.05, 3.63) is 39.0 Å². The third-order valence-electron chi connectivity index (χ3n) is 4.83. The molecule has 0 aromatic carbocycles. The van der Waals surface area contributed by atoms with Gasteiger partial charge < -0.3 is 11.1 Å². The fourth-order valence-corrected chi connectivity index (χ4v) is 5.15. The molecule has 4 nitrogen and oxygen atoms in total. The van der Waals surface area contributed by atoms with Crippen LogP contribution in [0.1, 0.15) is 28.2 Å². The molecule has 0 bridgehead atoms. The minimum absolute atomic E-state index is 0.0195. The van der Waals surface area contributed by atoms with Gasteiger partial charge in [0.2, 0.25) is 0 Å². The Morgan fingerprint density at radius 1 is 1.46 bits per heavy atom. The Labute approximate surface area is 158 Å². The summed E-state index contributed by atoms with van der Waals surface area (Å²) in [5.41, 5.74) is 9.01. The SMILES string of the molecule is Cc1c(C[C@H](N)C[C@@H]2CC2(F)F)sc2c(NCc3cccs3)cnnc12. The van der Waals surface area contributed by atoms with Crippen LogP contribution in [0.3, 0.4) is 0 Å². The van der Waals surface area contributed by atoms with Crippen LogP contribution in [-0.4, -0.2) is 22.2 Å². The lowest BCUT2D eigenvalue weighted by Crippen LogP contribution is -2.24. The van der Waals surface area contributed by atoms with Gasteiger partial charge in [0.1, 0.15) is 5.52 Å². The zero-order valence-corrected chi connectivity index (χ0v) is 16.0. The summed E-state index contributed by atoms with van der Waals surface area (Å²) in [6.07, 6.45) is 2.69. The summed E-state index contributed by atoms with van der Waals surface area (Å²) in [5.74, 6) is -3.05. The molecule has 0 aliphatic heterocycles. The Hall–Kier alpha value is -1.64. The lowest BCUT2D eigenvalue weighted by atomic mass is 10.0. The first-order valence-electron chi connectivity index (χ1n) is 8.57. The Bertz CT molecular complexity index is 907. The van der Waals surface area contributed by atoms with Gasteiger partial charge in [0, 0.05) is 34.7 Å². The predicted octanol–water partition coefficient (Wildman–Crippen LogP) is 4.59. The second-order valence-corrected chi connectivity index (χ2v) is 9.02. The summed E-state index contributed by atoms with van der Waals surface area (Å²) in [6, 6.07) is 3.86. The molecule has 1 aliphatic rings. The molecule has 0 unspecified atom stereocenters. The van der Waals surface area contributed by atoms with E-state index in [-0.39, 0.29) is 12.5 Å². The number of hydrogen-bond acceptors (Lipinski definition) is 6. The van der Waals surface area contributed by atoms with Crippen molar-refractivity contribution < 1.29 is 8.78 Å². The summed E-state index contributed by atoms with van der Waals surface area (Å²) < 4.78 is 27.3. The molecule has 8 heteroatoms. The van der Waals surface area contributed by atoms with Crippen LogP contribution in [0.5, 0.6) is 0 Å². The van der Waals surface area contributed by atoms with Crippen molar-refractivity contribution in [2.24, 2.45) is 11.7 Å². The quantitative estimate of drug-likeness (QED) is 0.615. The van der Waals surface area contributed by atoms with Crippen LogP contribution < -0.4 is 11.1 Å². The van der Waals surface area contributed by atoms with Gasteiger partial charge in [0.05, 0.1) is 16.6 Å². The second-order valence-electron chi connectivity index (χ2n) is 6.88. The standard InChI is InChI=1S/C18H20F2N4S2/c1-10-15(6-12(21)5-11-7-18(11,19)20)26-17-14(9-23-24-16(10)17)22-8-13-3-2-4-25-13/h2-4,9,11-12H,5-8,21H2,1H3,(H,22,24)/t11-,12-/m1/s1.